The lowest BCUT2D eigenvalue weighted by atomic mass is 10.7. The van der Waals surface area contributed by atoms with Crippen LogP contribution in [0, 0.1) is 0 Å². The van der Waals surface area contributed by atoms with E-state index in [4.69, 9.17) is 5.11 Å². The van der Waals surface area contributed by atoms with Crippen molar-refractivity contribution in [1.82, 2.24) is 0 Å². The second kappa shape index (κ2) is 3.01. The molecule has 0 aliphatic rings. The van der Waals surface area contributed by atoms with Gasteiger partial charge in [-0.2, -0.15) is 4.39 Å². The minimum absolute atomic E-state index is 0.748. The molecular weight excluding hydrogens is 134 g/mol. The predicted octanol–water partition coefficient (Wildman–Crippen LogP) is 1.81. The normalized spacial score (nSPS) is 12.3. The van der Waals surface area contributed by atoms with E-state index in [1.807, 2.05) is 0 Å². The average Bonchev–Trinajstić information content (AvgIpc) is 1.63. The van der Waals surface area contributed by atoms with E-state index in [2.05, 4.69) is 4.74 Å². The van der Waals surface area contributed by atoms with Gasteiger partial charge >= 0.3 is 12.2 Å². The van der Waals surface area contributed by atoms with Gasteiger partial charge in [0.1, 0.15) is 0 Å². The van der Waals surface area contributed by atoms with E-state index in [9.17, 15) is 13.6 Å². The SMILES string of the molecule is CC(F)=C(F)OC(=O)O. The minimum atomic E-state index is -1.87. The van der Waals surface area contributed by atoms with Crippen LogP contribution in [-0.4, -0.2) is 11.3 Å². The maximum Gasteiger partial charge on any atom is 0.513 e. The van der Waals surface area contributed by atoms with E-state index in [0.29, 0.717) is 0 Å². The molecule has 0 atom stereocenters. The molecule has 0 aliphatic heterocycles. The lowest BCUT2D eigenvalue weighted by Gasteiger charge is -1.92. The standard InChI is InChI=1S/C4H4F2O3/c1-2(5)3(6)9-4(7)8/h1H3,(H,7,8). The topological polar surface area (TPSA) is 46.5 Å². The summed E-state index contributed by atoms with van der Waals surface area (Å²) >= 11 is 0. The van der Waals surface area contributed by atoms with E-state index >= 15 is 0 Å². The van der Waals surface area contributed by atoms with Crippen LogP contribution in [0.4, 0.5) is 13.6 Å². The Labute approximate surface area is 49.5 Å². The number of hydrogen-bond donors (Lipinski definition) is 1. The highest BCUT2D eigenvalue weighted by Crippen LogP contribution is 2.07. The molecule has 0 fully saturated rings. The highest BCUT2D eigenvalue weighted by atomic mass is 19.2. The summed E-state index contributed by atoms with van der Waals surface area (Å²) in [6, 6.07) is -1.72. The van der Waals surface area contributed by atoms with Gasteiger partial charge in [0.05, 0.1) is 0 Å². The molecule has 0 saturated heterocycles. The molecule has 0 amide bonds. The second-order valence-electron chi connectivity index (χ2n) is 1.18. The van der Waals surface area contributed by atoms with Gasteiger partial charge in [-0.25, -0.2) is 9.18 Å². The Kier molecular flexibility index (Phi) is 2.63. The van der Waals surface area contributed by atoms with Gasteiger partial charge in [0.25, 0.3) is 0 Å². The fraction of sp³-hybridized carbons (Fsp3) is 0.250. The summed E-state index contributed by atoms with van der Waals surface area (Å²) in [4.78, 5) is 9.45. The molecule has 0 unspecified atom stereocenters. The molecule has 9 heavy (non-hydrogen) atoms. The third kappa shape index (κ3) is 3.45. The van der Waals surface area contributed by atoms with Crippen LogP contribution in [0.25, 0.3) is 0 Å². The van der Waals surface area contributed by atoms with Crippen molar-refractivity contribution in [3.63, 3.8) is 0 Å². The van der Waals surface area contributed by atoms with E-state index < -0.39 is 18.0 Å². The molecule has 0 aliphatic carbocycles. The van der Waals surface area contributed by atoms with Gasteiger partial charge in [0.2, 0.25) is 0 Å². The maximum absolute atomic E-state index is 11.7. The summed E-state index contributed by atoms with van der Waals surface area (Å²) in [7, 11) is 0. The van der Waals surface area contributed by atoms with Crippen molar-refractivity contribution in [2.75, 3.05) is 0 Å². The number of carboxylic acid groups (broad SMARTS) is 1. The first-order valence-electron chi connectivity index (χ1n) is 1.96. The van der Waals surface area contributed by atoms with Gasteiger partial charge in [-0.05, 0) is 6.92 Å². The molecule has 0 rings (SSSR count). The summed E-state index contributed by atoms with van der Waals surface area (Å²) in [5.74, 6) is -1.29. The van der Waals surface area contributed by atoms with E-state index in [1.54, 1.807) is 0 Å². The average molecular weight is 138 g/mol. The summed E-state index contributed by atoms with van der Waals surface area (Å²) < 4.78 is 26.5. The van der Waals surface area contributed by atoms with E-state index in [1.165, 1.54) is 0 Å². The Balaban J connectivity index is 3.92. The zero-order chi connectivity index (χ0) is 7.44. The third-order valence-electron chi connectivity index (χ3n) is 0.448. The number of hydrogen-bond acceptors (Lipinski definition) is 2. The van der Waals surface area contributed by atoms with E-state index in [-0.39, 0.29) is 0 Å². The molecule has 0 aromatic carbocycles. The third-order valence-corrected chi connectivity index (χ3v) is 0.448. The molecule has 52 valence electrons. The van der Waals surface area contributed by atoms with Gasteiger partial charge in [0, 0.05) is 0 Å². The predicted molar refractivity (Wildman–Crippen MR) is 24.0 cm³/mol. The van der Waals surface area contributed by atoms with Crippen LogP contribution >= 0.6 is 0 Å². The zero-order valence-electron chi connectivity index (χ0n) is 4.52. The van der Waals surface area contributed by atoms with Crippen molar-refractivity contribution in [2.24, 2.45) is 0 Å². The van der Waals surface area contributed by atoms with Crippen molar-refractivity contribution >= 4 is 6.16 Å². The quantitative estimate of drug-likeness (QED) is 0.444. The molecule has 1 N–H and O–H groups in total. The minimum Gasteiger partial charge on any atom is -0.449 e. The highest BCUT2D eigenvalue weighted by molar-refractivity contribution is 5.58. The summed E-state index contributed by atoms with van der Waals surface area (Å²) in [5.41, 5.74) is 0. The summed E-state index contributed by atoms with van der Waals surface area (Å²) in [6.07, 6.45) is -1.87. The Morgan fingerprint density at radius 1 is 1.56 bits per heavy atom. The smallest absolute Gasteiger partial charge is 0.449 e. The first-order valence-corrected chi connectivity index (χ1v) is 1.96. The van der Waals surface area contributed by atoms with Crippen LogP contribution in [0.1, 0.15) is 6.92 Å². The first-order chi connectivity index (χ1) is 4.04. The Morgan fingerprint density at radius 2 is 2.00 bits per heavy atom. The second-order valence-corrected chi connectivity index (χ2v) is 1.18. The van der Waals surface area contributed by atoms with Crippen LogP contribution < -0.4 is 0 Å². The Morgan fingerprint density at radius 3 is 2.11 bits per heavy atom. The largest absolute Gasteiger partial charge is 0.513 e. The first kappa shape index (κ1) is 7.87. The monoisotopic (exact) mass is 138 g/mol. The molecule has 0 bridgehead atoms. The van der Waals surface area contributed by atoms with Crippen molar-refractivity contribution in [3.8, 4) is 0 Å². The van der Waals surface area contributed by atoms with Crippen LogP contribution in [0.5, 0.6) is 0 Å². The molecule has 0 radical (unpaired) electrons. The molecule has 0 spiro atoms. The molecule has 3 nitrogen and oxygen atoms in total. The fourth-order valence-corrected chi connectivity index (χ4v) is 0.147. The summed E-state index contributed by atoms with van der Waals surface area (Å²) in [5, 5.41) is 7.67. The molecular formula is C4H4F2O3. The zero-order valence-corrected chi connectivity index (χ0v) is 4.52. The number of ether oxygens (including phenoxy) is 1. The van der Waals surface area contributed by atoms with Crippen LogP contribution in [0.3, 0.4) is 0 Å². The molecule has 5 heteroatoms. The lowest BCUT2D eigenvalue weighted by molar-refractivity contribution is 0.0937. The van der Waals surface area contributed by atoms with Crippen molar-refractivity contribution in [1.29, 1.82) is 0 Å². The number of rotatable bonds is 1. The number of carbonyl (C=O) groups is 1. The molecule has 0 aromatic heterocycles. The van der Waals surface area contributed by atoms with Gasteiger partial charge < -0.3 is 9.84 Å². The van der Waals surface area contributed by atoms with E-state index in [0.717, 1.165) is 6.92 Å². The number of allylic oxidation sites excluding steroid dienone is 1. The Hall–Kier alpha value is -1.13. The molecule has 0 saturated carbocycles. The van der Waals surface area contributed by atoms with Crippen molar-refractivity contribution in [2.45, 2.75) is 6.92 Å². The Bertz CT molecular complexity index is 148. The van der Waals surface area contributed by atoms with Gasteiger partial charge in [0.15, 0.2) is 5.83 Å². The van der Waals surface area contributed by atoms with Crippen LogP contribution in [-0.2, 0) is 4.74 Å². The number of halogens is 2. The van der Waals surface area contributed by atoms with Crippen molar-refractivity contribution < 1.29 is 23.4 Å². The summed E-state index contributed by atoms with van der Waals surface area (Å²) in [6.45, 7) is 0.748. The van der Waals surface area contributed by atoms with Crippen molar-refractivity contribution in [3.05, 3.63) is 11.8 Å². The van der Waals surface area contributed by atoms with Gasteiger partial charge in [-0.15, -0.1) is 0 Å². The van der Waals surface area contributed by atoms with Crippen LogP contribution in [0.15, 0.2) is 11.8 Å². The molecule has 0 aromatic rings. The lowest BCUT2D eigenvalue weighted by Crippen LogP contribution is -1.97. The van der Waals surface area contributed by atoms with Crippen LogP contribution in [0.2, 0.25) is 0 Å². The molecule has 0 heterocycles. The maximum atomic E-state index is 11.7. The fourth-order valence-electron chi connectivity index (χ4n) is 0.147. The highest BCUT2D eigenvalue weighted by Gasteiger charge is 2.05. The van der Waals surface area contributed by atoms with Gasteiger partial charge in [-0.1, -0.05) is 0 Å². The van der Waals surface area contributed by atoms with Gasteiger partial charge in [-0.3, -0.25) is 0 Å².